The summed E-state index contributed by atoms with van der Waals surface area (Å²) in [5, 5.41) is 0. The van der Waals surface area contributed by atoms with Crippen molar-refractivity contribution in [2.45, 2.75) is 37.5 Å². The second-order valence-corrected chi connectivity index (χ2v) is 15.9. The van der Waals surface area contributed by atoms with Crippen molar-refractivity contribution in [3.05, 3.63) is 0 Å². The van der Waals surface area contributed by atoms with Crippen LogP contribution < -0.4 is 11.0 Å². The number of hydrogen-bond donors (Lipinski definition) is 8. The predicted octanol–water partition coefficient (Wildman–Crippen LogP) is 0.227. The second kappa shape index (κ2) is 8.49. The van der Waals surface area contributed by atoms with Crippen molar-refractivity contribution < 1.29 is 56.9 Å². The molecule has 0 aliphatic heterocycles. The molecule has 0 aromatic heterocycles. The lowest BCUT2D eigenvalue weighted by Gasteiger charge is -2.30. The molecule has 0 rings (SSSR count). The molecule has 2 atom stereocenters. The zero-order valence-corrected chi connectivity index (χ0v) is 17.9. The first-order chi connectivity index (χ1) is 11.2. The zero-order chi connectivity index (χ0) is 21.2. The van der Waals surface area contributed by atoms with Gasteiger partial charge in [-0.2, -0.15) is 11.0 Å². The van der Waals surface area contributed by atoms with Gasteiger partial charge in [-0.05, 0) is 27.7 Å². The van der Waals surface area contributed by atoms with E-state index in [-0.39, 0.29) is 13.1 Å². The molecule has 8 N–H and O–H groups in total. The van der Waals surface area contributed by atoms with Crippen LogP contribution in [0.3, 0.4) is 0 Å². The highest BCUT2D eigenvalue weighted by molar-refractivity contribution is 7.73. The van der Waals surface area contributed by atoms with E-state index in [4.69, 9.17) is 19.6 Å². The number of hydrogen-bond acceptors (Lipinski definition) is 8. The topological polar surface area (TPSA) is 232 Å². The highest BCUT2D eigenvalue weighted by Gasteiger charge is 2.55. The van der Waals surface area contributed by atoms with E-state index in [9.17, 15) is 28.0 Å². The Labute approximate surface area is 149 Å². The molecule has 2 unspecified atom stereocenters. The SMILES string of the molecule is CC(C)(P(=O)(O)O)P(=O)(O)ONCCNOP(=O)(O)C(C)(C)P(=O)(O)O. The number of hydroxylamine groups is 2. The lowest BCUT2D eigenvalue weighted by Crippen LogP contribution is -2.32. The van der Waals surface area contributed by atoms with Crippen LogP contribution in [0.4, 0.5) is 0 Å². The third kappa shape index (κ3) is 6.01. The summed E-state index contributed by atoms with van der Waals surface area (Å²) in [6.07, 6.45) is 0. The van der Waals surface area contributed by atoms with Crippen molar-refractivity contribution in [1.29, 1.82) is 0 Å². The van der Waals surface area contributed by atoms with Gasteiger partial charge in [0.1, 0.15) is 0 Å². The van der Waals surface area contributed by atoms with E-state index in [2.05, 4.69) is 9.25 Å². The van der Waals surface area contributed by atoms with E-state index >= 15 is 0 Å². The first-order valence-corrected chi connectivity index (χ1v) is 13.2. The molecule has 0 aromatic rings. The summed E-state index contributed by atoms with van der Waals surface area (Å²) in [5.41, 5.74) is 3.87. The molecule has 0 aliphatic carbocycles. The number of rotatable bonds is 11. The maximum absolute atomic E-state index is 11.9. The molecule has 0 saturated heterocycles. The Morgan fingerprint density at radius 1 is 0.654 bits per heavy atom. The Bertz CT molecular complexity index is 623. The Kier molecular flexibility index (Phi) is 8.66. The maximum Gasteiger partial charge on any atom is 0.361 e. The molecule has 0 saturated carbocycles. The predicted molar refractivity (Wildman–Crippen MR) is 90.1 cm³/mol. The van der Waals surface area contributed by atoms with Crippen molar-refractivity contribution in [3.8, 4) is 0 Å². The molecule has 0 spiro atoms. The summed E-state index contributed by atoms with van der Waals surface area (Å²) in [7, 11) is -19.5. The van der Waals surface area contributed by atoms with Crippen molar-refractivity contribution in [2.75, 3.05) is 13.1 Å². The first-order valence-electron chi connectivity index (χ1n) is 6.81. The van der Waals surface area contributed by atoms with E-state index in [1.54, 1.807) is 0 Å². The molecule has 0 heterocycles. The van der Waals surface area contributed by atoms with Gasteiger partial charge in [0.25, 0.3) is 0 Å². The van der Waals surface area contributed by atoms with Gasteiger partial charge in [0, 0.05) is 13.1 Å². The molecule has 26 heavy (non-hydrogen) atoms. The molecule has 158 valence electrons. The highest BCUT2D eigenvalue weighted by atomic mass is 31.2. The lowest BCUT2D eigenvalue weighted by molar-refractivity contribution is 0.125. The molecular weight excluding hydrogens is 440 g/mol. The maximum atomic E-state index is 11.9. The fraction of sp³-hybridized carbons (Fsp3) is 1.00. The second-order valence-electron chi connectivity index (χ2n) is 6.09. The standard InChI is InChI=1S/C8H24N2O12P4/c1-7(2,23(11,12)13)25(17,18)21-9-5-6-10-22-26(19,20)8(3,4)24(14,15)16/h9-10H,5-6H2,1-4H3,(H,17,18)(H,19,20)(H2,11,12,13)(H2,14,15,16). The lowest BCUT2D eigenvalue weighted by atomic mass is 10.5. The minimum atomic E-state index is -4.97. The van der Waals surface area contributed by atoms with Crippen LogP contribution in [0, 0.1) is 0 Å². The fourth-order valence-electron chi connectivity index (χ4n) is 0.921. The van der Waals surface area contributed by atoms with E-state index in [1.165, 1.54) is 0 Å². The van der Waals surface area contributed by atoms with E-state index < -0.39 is 40.2 Å². The Hall–Kier alpha value is 0.520. The van der Waals surface area contributed by atoms with E-state index in [0.29, 0.717) is 0 Å². The van der Waals surface area contributed by atoms with Crippen molar-refractivity contribution in [1.82, 2.24) is 11.0 Å². The third-order valence-electron chi connectivity index (χ3n) is 3.51. The third-order valence-corrected chi connectivity index (χ3v) is 13.0. The normalized spacial score (nSPS) is 19.0. The van der Waals surface area contributed by atoms with Crippen LogP contribution in [-0.4, -0.2) is 52.2 Å². The van der Waals surface area contributed by atoms with Crippen LogP contribution in [0.15, 0.2) is 0 Å². The van der Waals surface area contributed by atoms with Crippen molar-refractivity contribution in [2.24, 2.45) is 0 Å². The van der Waals surface area contributed by atoms with Gasteiger partial charge in [-0.25, -0.2) is 9.25 Å². The molecule has 0 fully saturated rings. The Balaban J connectivity index is 4.56. The molecule has 0 amide bonds. The summed E-state index contributed by atoms with van der Waals surface area (Å²) >= 11 is 0. The van der Waals surface area contributed by atoms with Gasteiger partial charge in [-0.3, -0.25) is 18.3 Å². The Morgan fingerprint density at radius 2 is 0.885 bits per heavy atom. The van der Waals surface area contributed by atoms with Gasteiger partial charge in [-0.15, -0.1) is 0 Å². The summed E-state index contributed by atoms with van der Waals surface area (Å²) in [5.74, 6) is 0. The highest BCUT2D eigenvalue weighted by Crippen LogP contribution is 2.71. The largest absolute Gasteiger partial charge is 0.361 e. The minimum Gasteiger partial charge on any atom is -0.324 e. The van der Waals surface area contributed by atoms with E-state index in [1.807, 2.05) is 11.0 Å². The van der Waals surface area contributed by atoms with Crippen LogP contribution in [0.5, 0.6) is 0 Å². The van der Waals surface area contributed by atoms with Gasteiger partial charge in [-0.1, -0.05) is 0 Å². The quantitative estimate of drug-likeness (QED) is 0.116. The zero-order valence-electron chi connectivity index (χ0n) is 14.3. The van der Waals surface area contributed by atoms with Gasteiger partial charge < -0.3 is 29.4 Å². The molecule has 0 radical (unpaired) electrons. The average molecular weight is 464 g/mol. The first kappa shape index (κ1) is 26.5. The van der Waals surface area contributed by atoms with Crippen LogP contribution in [0.25, 0.3) is 0 Å². The Morgan fingerprint density at radius 3 is 1.08 bits per heavy atom. The van der Waals surface area contributed by atoms with Crippen LogP contribution in [0.1, 0.15) is 27.7 Å². The molecule has 14 nitrogen and oxygen atoms in total. The van der Waals surface area contributed by atoms with Gasteiger partial charge in [0.15, 0.2) is 9.79 Å². The molecular formula is C8H24N2O12P4. The average Bonchev–Trinajstić information content (AvgIpc) is 2.39. The van der Waals surface area contributed by atoms with Crippen LogP contribution in [-0.2, 0) is 27.5 Å². The smallest absolute Gasteiger partial charge is 0.324 e. The minimum absolute atomic E-state index is 0.335. The van der Waals surface area contributed by atoms with Crippen LogP contribution >= 0.6 is 30.4 Å². The van der Waals surface area contributed by atoms with Gasteiger partial charge in [0.05, 0.1) is 0 Å². The molecule has 0 bridgehead atoms. The fourth-order valence-corrected chi connectivity index (χ4v) is 4.78. The summed E-state index contributed by atoms with van der Waals surface area (Å²) in [6.45, 7) is 2.68. The number of nitrogens with one attached hydrogen (secondary N) is 2. The van der Waals surface area contributed by atoms with Crippen LogP contribution in [0.2, 0.25) is 0 Å². The molecule has 0 aromatic carbocycles. The van der Waals surface area contributed by atoms with Gasteiger partial charge >= 0.3 is 30.4 Å². The summed E-state index contributed by atoms with van der Waals surface area (Å²) in [6, 6.07) is 0. The van der Waals surface area contributed by atoms with Gasteiger partial charge in [0.2, 0.25) is 0 Å². The molecule has 0 aliphatic rings. The molecule has 18 heteroatoms. The summed E-state index contributed by atoms with van der Waals surface area (Å²) in [4.78, 5) is 50.7. The van der Waals surface area contributed by atoms with E-state index in [0.717, 1.165) is 27.7 Å². The monoisotopic (exact) mass is 464 g/mol. The van der Waals surface area contributed by atoms with Crippen molar-refractivity contribution >= 4 is 30.4 Å². The summed E-state index contributed by atoms with van der Waals surface area (Å²) < 4.78 is 55.0. The van der Waals surface area contributed by atoms with Crippen molar-refractivity contribution in [3.63, 3.8) is 0 Å².